The lowest BCUT2D eigenvalue weighted by Gasteiger charge is -2.02. The van der Waals surface area contributed by atoms with Gasteiger partial charge in [-0.05, 0) is 19.8 Å². The maximum absolute atomic E-state index is 10.8. The van der Waals surface area contributed by atoms with Gasteiger partial charge in [0.05, 0.1) is 0 Å². The van der Waals surface area contributed by atoms with E-state index in [2.05, 4.69) is 10.1 Å². The number of rotatable bonds is 7. The minimum atomic E-state index is -0.106. The zero-order valence-corrected chi connectivity index (χ0v) is 8.26. The Bertz CT molecular complexity index is 168. The van der Waals surface area contributed by atoms with Crippen molar-refractivity contribution in [2.45, 2.75) is 26.2 Å². The molecule has 0 aliphatic heterocycles. The van der Waals surface area contributed by atoms with Crippen LogP contribution in [0.4, 0.5) is 0 Å². The van der Waals surface area contributed by atoms with Crippen molar-refractivity contribution in [2.24, 2.45) is 0 Å². The molecule has 4 heteroatoms. The van der Waals surface area contributed by atoms with Gasteiger partial charge in [-0.2, -0.15) is 0 Å². The van der Waals surface area contributed by atoms with E-state index in [1.54, 1.807) is 6.92 Å². The van der Waals surface area contributed by atoms with Crippen LogP contribution < -0.4 is 5.32 Å². The molecule has 1 amide bonds. The first kappa shape index (κ1) is 12.1. The summed E-state index contributed by atoms with van der Waals surface area (Å²) >= 11 is 0. The number of methoxy groups -OCH3 is 1. The summed E-state index contributed by atoms with van der Waals surface area (Å²) in [5.74, 6) is 0.0912. The fourth-order valence-corrected chi connectivity index (χ4v) is 0.909. The third kappa shape index (κ3) is 9.01. The fourth-order valence-electron chi connectivity index (χ4n) is 0.909. The van der Waals surface area contributed by atoms with Gasteiger partial charge in [0.2, 0.25) is 5.91 Å². The van der Waals surface area contributed by atoms with Gasteiger partial charge in [-0.25, -0.2) is 0 Å². The molecular weight excluding hydrogens is 170 g/mol. The van der Waals surface area contributed by atoms with E-state index >= 15 is 0 Å². The molecule has 0 unspecified atom stereocenters. The molecule has 0 bridgehead atoms. The predicted octanol–water partition coefficient (Wildman–Crippen LogP) is 0.508. The van der Waals surface area contributed by atoms with Crippen LogP contribution in [0.25, 0.3) is 0 Å². The van der Waals surface area contributed by atoms with Crippen molar-refractivity contribution in [1.29, 1.82) is 0 Å². The summed E-state index contributed by atoms with van der Waals surface area (Å²) in [6, 6.07) is 0. The Balaban J connectivity index is 3.16. The molecule has 0 aliphatic rings. The van der Waals surface area contributed by atoms with Crippen LogP contribution >= 0.6 is 0 Å². The first-order chi connectivity index (χ1) is 6.16. The van der Waals surface area contributed by atoms with Gasteiger partial charge in [-0.3, -0.25) is 4.79 Å². The van der Waals surface area contributed by atoms with Crippen LogP contribution in [-0.4, -0.2) is 32.0 Å². The normalized spacial score (nSPS) is 9.69. The third-order valence-corrected chi connectivity index (χ3v) is 1.55. The summed E-state index contributed by atoms with van der Waals surface area (Å²) in [5.41, 5.74) is 0. The number of nitrogens with one attached hydrogen (secondary N) is 1. The Hall–Kier alpha value is -0.900. The van der Waals surface area contributed by atoms with Crippen LogP contribution in [0.5, 0.6) is 0 Å². The molecule has 0 aliphatic carbocycles. The first-order valence-corrected chi connectivity index (χ1v) is 4.42. The highest BCUT2D eigenvalue weighted by molar-refractivity contribution is 5.77. The Morgan fingerprint density at radius 3 is 2.54 bits per heavy atom. The summed E-state index contributed by atoms with van der Waals surface area (Å²) in [6.07, 6.45) is 2.28. The summed E-state index contributed by atoms with van der Waals surface area (Å²) in [4.78, 5) is 21.4. The molecule has 4 nitrogen and oxygen atoms in total. The number of ether oxygens (including phenoxy) is 1. The number of ketones is 1. The highest BCUT2D eigenvalue weighted by Gasteiger charge is 1.98. The van der Waals surface area contributed by atoms with Gasteiger partial charge in [0.25, 0.3) is 0 Å². The molecule has 0 saturated carbocycles. The van der Waals surface area contributed by atoms with Gasteiger partial charge >= 0.3 is 0 Å². The van der Waals surface area contributed by atoms with E-state index in [1.807, 2.05) is 0 Å². The summed E-state index contributed by atoms with van der Waals surface area (Å²) in [7, 11) is 1.48. The number of carbonyl (C=O) groups is 2. The van der Waals surface area contributed by atoms with Gasteiger partial charge in [0.1, 0.15) is 12.4 Å². The van der Waals surface area contributed by atoms with Crippen molar-refractivity contribution < 1.29 is 14.3 Å². The molecule has 0 heterocycles. The highest BCUT2D eigenvalue weighted by Crippen LogP contribution is 1.94. The lowest BCUT2D eigenvalue weighted by atomic mass is 10.2. The molecule has 0 aromatic rings. The quantitative estimate of drug-likeness (QED) is 0.591. The molecule has 0 aromatic heterocycles. The second-order valence-corrected chi connectivity index (χ2v) is 2.94. The van der Waals surface area contributed by atoms with E-state index in [0.717, 1.165) is 12.8 Å². The van der Waals surface area contributed by atoms with Gasteiger partial charge in [0, 0.05) is 20.1 Å². The SMILES string of the molecule is COCC(=O)NCCCCC(C)=O. The molecule has 0 fully saturated rings. The topological polar surface area (TPSA) is 55.4 Å². The lowest BCUT2D eigenvalue weighted by Crippen LogP contribution is -2.27. The zero-order valence-electron chi connectivity index (χ0n) is 8.26. The van der Waals surface area contributed by atoms with Crippen LogP contribution in [0.3, 0.4) is 0 Å². The lowest BCUT2D eigenvalue weighted by molar-refractivity contribution is -0.124. The van der Waals surface area contributed by atoms with Crippen LogP contribution in [0.15, 0.2) is 0 Å². The number of hydrogen-bond donors (Lipinski definition) is 1. The fraction of sp³-hybridized carbons (Fsp3) is 0.778. The van der Waals surface area contributed by atoms with Crippen LogP contribution in [-0.2, 0) is 14.3 Å². The maximum Gasteiger partial charge on any atom is 0.245 e. The number of unbranched alkanes of at least 4 members (excludes halogenated alkanes) is 1. The predicted molar refractivity (Wildman–Crippen MR) is 49.4 cm³/mol. The molecule has 76 valence electrons. The smallest absolute Gasteiger partial charge is 0.245 e. The highest BCUT2D eigenvalue weighted by atomic mass is 16.5. The Morgan fingerprint density at radius 2 is 2.00 bits per heavy atom. The minimum absolute atomic E-state index is 0.104. The summed E-state index contributed by atoms with van der Waals surface area (Å²) < 4.78 is 4.63. The standard InChI is InChI=1S/C9H17NO3/c1-8(11)5-3-4-6-10-9(12)7-13-2/h3-7H2,1-2H3,(H,10,12). The summed E-state index contributed by atoms with van der Waals surface area (Å²) in [5, 5.41) is 2.68. The van der Waals surface area contributed by atoms with Gasteiger partial charge in [-0.1, -0.05) is 0 Å². The minimum Gasteiger partial charge on any atom is -0.375 e. The Morgan fingerprint density at radius 1 is 1.31 bits per heavy atom. The Kier molecular flexibility index (Phi) is 7.20. The second kappa shape index (κ2) is 7.73. The van der Waals surface area contributed by atoms with Crippen LogP contribution in [0, 0.1) is 0 Å². The Labute approximate surface area is 78.6 Å². The molecule has 0 spiro atoms. The molecule has 13 heavy (non-hydrogen) atoms. The zero-order chi connectivity index (χ0) is 10.1. The molecule has 1 N–H and O–H groups in total. The van der Waals surface area contributed by atoms with Crippen LogP contribution in [0.1, 0.15) is 26.2 Å². The van der Waals surface area contributed by atoms with Gasteiger partial charge in [-0.15, -0.1) is 0 Å². The van der Waals surface area contributed by atoms with Gasteiger partial charge < -0.3 is 14.8 Å². The summed E-state index contributed by atoms with van der Waals surface area (Å²) in [6.45, 7) is 2.30. The molecule has 0 radical (unpaired) electrons. The van der Waals surface area contributed by atoms with Crippen LogP contribution in [0.2, 0.25) is 0 Å². The third-order valence-electron chi connectivity index (χ3n) is 1.55. The van der Waals surface area contributed by atoms with Crippen molar-refractivity contribution in [3.05, 3.63) is 0 Å². The maximum atomic E-state index is 10.8. The van der Waals surface area contributed by atoms with Crippen molar-refractivity contribution in [3.8, 4) is 0 Å². The second-order valence-electron chi connectivity index (χ2n) is 2.94. The van der Waals surface area contributed by atoms with E-state index in [9.17, 15) is 9.59 Å². The number of hydrogen-bond acceptors (Lipinski definition) is 3. The average molecular weight is 187 g/mol. The average Bonchev–Trinajstić information content (AvgIpc) is 2.03. The number of carbonyl (C=O) groups excluding carboxylic acids is 2. The van der Waals surface area contributed by atoms with Crippen molar-refractivity contribution in [2.75, 3.05) is 20.3 Å². The van der Waals surface area contributed by atoms with Gasteiger partial charge in [0.15, 0.2) is 0 Å². The van der Waals surface area contributed by atoms with E-state index in [4.69, 9.17) is 0 Å². The van der Waals surface area contributed by atoms with E-state index in [1.165, 1.54) is 7.11 Å². The van der Waals surface area contributed by atoms with Crippen molar-refractivity contribution in [1.82, 2.24) is 5.32 Å². The first-order valence-electron chi connectivity index (χ1n) is 4.42. The molecule has 0 aromatic carbocycles. The molecule has 0 rings (SSSR count). The molecule has 0 saturated heterocycles. The van der Waals surface area contributed by atoms with Crippen molar-refractivity contribution in [3.63, 3.8) is 0 Å². The van der Waals surface area contributed by atoms with E-state index in [0.29, 0.717) is 13.0 Å². The number of amides is 1. The van der Waals surface area contributed by atoms with E-state index in [-0.39, 0.29) is 18.3 Å². The monoisotopic (exact) mass is 187 g/mol. The van der Waals surface area contributed by atoms with E-state index < -0.39 is 0 Å². The molecule has 0 atom stereocenters. The molecular formula is C9H17NO3. The van der Waals surface area contributed by atoms with Crippen molar-refractivity contribution >= 4 is 11.7 Å². The largest absolute Gasteiger partial charge is 0.375 e. The number of Topliss-reactive ketones (excluding diaryl/α,β-unsaturated/α-hetero) is 1.